The van der Waals surface area contributed by atoms with Crippen LogP contribution in [0.3, 0.4) is 0 Å². The topological polar surface area (TPSA) is 12.9 Å². The molecule has 0 unspecified atom stereocenters. The minimum Gasteiger partial charge on any atom is -0.253 e. The molecule has 104 valence electrons. The van der Waals surface area contributed by atoms with Gasteiger partial charge in [0.25, 0.3) is 0 Å². The van der Waals surface area contributed by atoms with Gasteiger partial charge in [-0.1, -0.05) is 12.1 Å². The van der Waals surface area contributed by atoms with Crippen LogP contribution in [0.25, 0.3) is 22.4 Å². The van der Waals surface area contributed by atoms with Gasteiger partial charge < -0.3 is 0 Å². The van der Waals surface area contributed by atoms with Crippen LogP contribution in [0.2, 0.25) is 0 Å². The van der Waals surface area contributed by atoms with Crippen molar-refractivity contribution >= 4 is 0 Å². The molecule has 0 bridgehead atoms. The van der Waals surface area contributed by atoms with Gasteiger partial charge in [-0.25, -0.2) is 13.2 Å². The molecule has 1 heterocycles. The lowest BCUT2D eigenvalue weighted by molar-refractivity contribution is 0.623. The third-order valence-corrected chi connectivity index (χ3v) is 3.14. The largest absolute Gasteiger partial charge is 0.253 e. The van der Waals surface area contributed by atoms with E-state index >= 15 is 0 Å². The lowest BCUT2D eigenvalue weighted by Gasteiger charge is -2.06. The maximum Gasteiger partial charge on any atom is 0.150 e. The first-order valence-corrected chi connectivity index (χ1v) is 6.31. The third-order valence-electron chi connectivity index (χ3n) is 3.14. The summed E-state index contributed by atoms with van der Waals surface area (Å²) < 4.78 is 39.9. The molecule has 0 amide bonds. The van der Waals surface area contributed by atoms with Gasteiger partial charge in [-0.2, -0.15) is 0 Å². The van der Waals surface area contributed by atoms with Crippen LogP contribution in [0, 0.1) is 17.5 Å². The molecule has 0 aliphatic heterocycles. The van der Waals surface area contributed by atoms with Crippen molar-refractivity contribution in [3.63, 3.8) is 0 Å². The first-order chi connectivity index (χ1) is 10.1. The Hall–Kier alpha value is -2.62. The summed E-state index contributed by atoms with van der Waals surface area (Å²) >= 11 is 0. The van der Waals surface area contributed by atoms with Crippen molar-refractivity contribution in [2.45, 2.75) is 0 Å². The fourth-order valence-electron chi connectivity index (χ4n) is 2.06. The minimum absolute atomic E-state index is 0.154. The Morgan fingerprint density at radius 2 is 1.14 bits per heavy atom. The van der Waals surface area contributed by atoms with Crippen LogP contribution in [-0.4, -0.2) is 4.98 Å². The summed E-state index contributed by atoms with van der Waals surface area (Å²) in [4.78, 5) is 4.09. The second-order valence-electron chi connectivity index (χ2n) is 4.57. The van der Waals surface area contributed by atoms with Crippen molar-refractivity contribution in [1.29, 1.82) is 0 Å². The van der Waals surface area contributed by atoms with Crippen LogP contribution >= 0.6 is 0 Å². The minimum atomic E-state index is -0.511. The molecule has 0 saturated carbocycles. The molecule has 0 aliphatic carbocycles. The highest BCUT2D eigenvalue weighted by atomic mass is 19.1. The third kappa shape index (κ3) is 2.79. The Labute approximate surface area is 119 Å². The van der Waals surface area contributed by atoms with Crippen molar-refractivity contribution < 1.29 is 13.2 Å². The van der Waals surface area contributed by atoms with Gasteiger partial charge in [-0.3, -0.25) is 4.98 Å². The zero-order chi connectivity index (χ0) is 14.8. The Morgan fingerprint density at radius 1 is 0.619 bits per heavy atom. The summed E-state index contributed by atoms with van der Waals surface area (Å²) in [7, 11) is 0. The molecule has 3 rings (SSSR count). The quantitative estimate of drug-likeness (QED) is 0.657. The summed E-state index contributed by atoms with van der Waals surface area (Å²) in [6.07, 6.45) is 1.51. The first-order valence-electron chi connectivity index (χ1n) is 6.31. The molecule has 2 aromatic carbocycles. The van der Waals surface area contributed by atoms with E-state index in [4.69, 9.17) is 0 Å². The van der Waals surface area contributed by atoms with E-state index in [1.54, 1.807) is 12.1 Å². The highest BCUT2D eigenvalue weighted by Gasteiger charge is 2.09. The van der Waals surface area contributed by atoms with Crippen LogP contribution in [-0.2, 0) is 0 Å². The number of halogens is 3. The second-order valence-corrected chi connectivity index (χ2v) is 4.57. The molecule has 0 N–H and O–H groups in total. The summed E-state index contributed by atoms with van der Waals surface area (Å²) in [5.41, 5.74) is 1.88. The normalized spacial score (nSPS) is 10.6. The number of aromatic nitrogens is 1. The zero-order valence-electron chi connectivity index (χ0n) is 10.9. The predicted octanol–water partition coefficient (Wildman–Crippen LogP) is 4.83. The maximum atomic E-state index is 14.2. The lowest BCUT2D eigenvalue weighted by Crippen LogP contribution is -1.91. The van der Waals surface area contributed by atoms with E-state index in [0.717, 1.165) is 0 Å². The first kappa shape index (κ1) is 13.4. The van der Waals surface area contributed by atoms with E-state index in [9.17, 15) is 13.2 Å². The molecular formula is C17H10F3N. The van der Waals surface area contributed by atoms with Gasteiger partial charge in [0.15, 0.2) is 0 Å². The van der Waals surface area contributed by atoms with Gasteiger partial charge in [0, 0.05) is 17.3 Å². The van der Waals surface area contributed by atoms with Gasteiger partial charge in [0.05, 0.1) is 0 Å². The Balaban J connectivity index is 1.99. The van der Waals surface area contributed by atoms with Crippen molar-refractivity contribution in [2.24, 2.45) is 0 Å². The molecule has 3 aromatic rings. The van der Waals surface area contributed by atoms with E-state index in [-0.39, 0.29) is 17.3 Å². The molecule has 0 saturated heterocycles. The fourth-order valence-corrected chi connectivity index (χ4v) is 2.06. The smallest absolute Gasteiger partial charge is 0.150 e. The lowest BCUT2D eigenvalue weighted by atomic mass is 10.1. The summed E-state index contributed by atoms with van der Waals surface area (Å²) in [6, 6.07) is 12.5. The van der Waals surface area contributed by atoms with Crippen LogP contribution in [0.15, 0.2) is 60.8 Å². The monoisotopic (exact) mass is 285 g/mol. The van der Waals surface area contributed by atoms with Gasteiger partial charge in [0.2, 0.25) is 0 Å². The summed E-state index contributed by atoms with van der Waals surface area (Å²) in [6.45, 7) is 0. The van der Waals surface area contributed by atoms with Crippen molar-refractivity contribution in [3.05, 3.63) is 78.2 Å². The average Bonchev–Trinajstić information content (AvgIpc) is 2.49. The Bertz CT molecular complexity index is 765. The molecule has 21 heavy (non-hydrogen) atoms. The Kier molecular flexibility index (Phi) is 3.44. The van der Waals surface area contributed by atoms with Crippen LogP contribution in [0.1, 0.15) is 0 Å². The van der Waals surface area contributed by atoms with E-state index in [2.05, 4.69) is 4.98 Å². The van der Waals surface area contributed by atoms with Crippen molar-refractivity contribution in [1.82, 2.24) is 4.98 Å². The molecule has 0 fully saturated rings. The highest BCUT2D eigenvalue weighted by molar-refractivity contribution is 5.67. The zero-order valence-corrected chi connectivity index (χ0v) is 10.9. The van der Waals surface area contributed by atoms with E-state index < -0.39 is 5.82 Å². The maximum absolute atomic E-state index is 14.2. The predicted molar refractivity (Wildman–Crippen MR) is 75.0 cm³/mol. The van der Waals surface area contributed by atoms with Crippen molar-refractivity contribution in [3.8, 4) is 22.4 Å². The fraction of sp³-hybridized carbons (Fsp3) is 0. The number of benzene rings is 2. The average molecular weight is 285 g/mol. The van der Waals surface area contributed by atoms with Crippen molar-refractivity contribution in [2.75, 3.05) is 0 Å². The molecule has 0 radical (unpaired) electrons. The number of rotatable bonds is 2. The van der Waals surface area contributed by atoms with Gasteiger partial charge >= 0.3 is 0 Å². The SMILES string of the molecule is Fc1ccc(-c2cnc(-c3ccc(F)cc3)c(F)c2)cc1. The molecule has 0 atom stereocenters. The van der Waals surface area contributed by atoms with Gasteiger partial charge in [-0.05, 0) is 48.0 Å². The molecular weight excluding hydrogens is 275 g/mol. The van der Waals surface area contributed by atoms with Gasteiger partial charge in [-0.15, -0.1) is 0 Å². The van der Waals surface area contributed by atoms with Gasteiger partial charge in [0.1, 0.15) is 23.1 Å². The van der Waals surface area contributed by atoms with E-state index in [0.29, 0.717) is 16.7 Å². The van der Waals surface area contributed by atoms with Crippen LogP contribution in [0.4, 0.5) is 13.2 Å². The second kappa shape index (κ2) is 5.40. The summed E-state index contributed by atoms with van der Waals surface area (Å²) in [5.74, 6) is -1.25. The molecule has 1 aromatic heterocycles. The molecule has 4 heteroatoms. The van der Waals surface area contributed by atoms with E-state index in [1.807, 2.05) is 0 Å². The molecule has 0 spiro atoms. The standard InChI is InChI=1S/C17H10F3N/c18-14-5-1-11(2-6-14)13-9-16(20)17(21-10-13)12-3-7-15(19)8-4-12/h1-10H. The number of pyridine rings is 1. The van der Waals surface area contributed by atoms with Crippen LogP contribution < -0.4 is 0 Å². The van der Waals surface area contributed by atoms with Crippen LogP contribution in [0.5, 0.6) is 0 Å². The number of hydrogen-bond acceptors (Lipinski definition) is 1. The highest BCUT2D eigenvalue weighted by Crippen LogP contribution is 2.26. The summed E-state index contributed by atoms with van der Waals surface area (Å²) in [5, 5.41) is 0. The number of nitrogens with zero attached hydrogens (tertiary/aromatic N) is 1. The molecule has 1 nitrogen and oxygen atoms in total. The number of hydrogen-bond donors (Lipinski definition) is 0. The Morgan fingerprint density at radius 3 is 1.67 bits per heavy atom. The van der Waals surface area contributed by atoms with E-state index in [1.165, 1.54) is 48.7 Å². The molecule has 0 aliphatic rings.